The fraction of sp³-hybridized carbons (Fsp3) is 0.941. The second kappa shape index (κ2) is 7.59. The Bertz CT molecular complexity index is 346. The number of esters is 1. The molecule has 1 saturated heterocycles. The molecular weight excluding hydrogens is 264 g/mol. The first kappa shape index (κ1) is 18.4. The lowest BCUT2D eigenvalue weighted by Gasteiger charge is -2.37. The highest BCUT2D eigenvalue weighted by Crippen LogP contribution is 2.28. The third kappa shape index (κ3) is 4.96. The first-order valence-corrected chi connectivity index (χ1v) is 8.40. The van der Waals surface area contributed by atoms with Crippen LogP contribution in [0.5, 0.6) is 0 Å². The second-order valence-electron chi connectivity index (χ2n) is 7.29. The number of carbonyl (C=O) groups is 1. The van der Waals surface area contributed by atoms with Gasteiger partial charge in [0.1, 0.15) is 5.54 Å². The molecule has 1 rings (SSSR count). The molecule has 4 atom stereocenters. The van der Waals surface area contributed by atoms with Gasteiger partial charge in [-0.2, -0.15) is 0 Å². The maximum atomic E-state index is 12.4. The summed E-state index contributed by atoms with van der Waals surface area (Å²) in [7, 11) is 0. The molecule has 0 aromatic rings. The predicted octanol–water partition coefficient (Wildman–Crippen LogP) is 2.82. The Morgan fingerprint density at radius 1 is 1.38 bits per heavy atom. The maximum Gasteiger partial charge on any atom is 0.326 e. The van der Waals surface area contributed by atoms with Crippen LogP contribution in [0, 0.1) is 5.92 Å². The molecule has 1 fully saturated rings. The van der Waals surface area contributed by atoms with E-state index < -0.39 is 5.54 Å². The molecule has 1 N–H and O–H groups in total. The second-order valence-corrected chi connectivity index (χ2v) is 7.29. The number of nitrogens with zero attached hydrogens (tertiary/aromatic N) is 1. The smallest absolute Gasteiger partial charge is 0.326 e. The van der Waals surface area contributed by atoms with Gasteiger partial charge in [-0.15, -0.1) is 0 Å². The fourth-order valence-corrected chi connectivity index (χ4v) is 3.78. The van der Waals surface area contributed by atoms with E-state index in [0.29, 0.717) is 18.7 Å². The van der Waals surface area contributed by atoms with Crippen molar-refractivity contribution in [2.24, 2.45) is 5.92 Å². The molecule has 0 aromatic carbocycles. The SMILES string of the molecule is CCOC(=O)C(C)(CC(C)N1CC(C)CC1C)NC(C)C. The lowest BCUT2D eigenvalue weighted by Crippen LogP contribution is -2.56. The van der Waals surface area contributed by atoms with E-state index in [1.54, 1.807) is 0 Å². The minimum absolute atomic E-state index is 0.134. The Hall–Kier alpha value is -0.610. The average molecular weight is 298 g/mol. The summed E-state index contributed by atoms with van der Waals surface area (Å²) < 4.78 is 5.30. The van der Waals surface area contributed by atoms with E-state index >= 15 is 0 Å². The van der Waals surface area contributed by atoms with Crippen molar-refractivity contribution in [1.29, 1.82) is 0 Å². The first-order chi connectivity index (χ1) is 9.69. The van der Waals surface area contributed by atoms with Crippen LogP contribution in [0.25, 0.3) is 0 Å². The van der Waals surface area contributed by atoms with Crippen LogP contribution in [0.2, 0.25) is 0 Å². The van der Waals surface area contributed by atoms with Gasteiger partial charge < -0.3 is 4.74 Å². The lowest BCUT2D eigenvalue weighted by molar-refractivity contribution is -0.151. The number of rotatable bonds is 7. The monoisotopic (exact) mass is 298 g/mol. The summed E-state index contributed by atoms with van der Waals surface area (Å²) >= 11 is 0. The van der Waals surface area contributed by atoms with Gasteiger partial charge in [-0.1, -0.05) is 6.92 Å². The topological polar surface area (TPSA) is 41.6 Å². The minimum atomic E-state index is -0.616. The molecule has 0 aliphatic carbocycles. The number of nitrogens with one attached hydrogen (secondary N) is 1. The Kier molecular flexibility index (Phi) is 6.67. The van der Waals surface area contributed by atoms with Crippen molar-refractivity contribution in [2.75, 3.05) is 13.2 Å². The van der Waals surface area contributed by atoms with E-state index in [4.69, 9.17) is 4.74 Å². The zero-order valence-electron chi connectivity index (χ0n) is 14.9. The highest BCUT2D eigenvalue weighted by molar-refractivity contribution is 5.80. The Labute approximate surface area is 130 Å². The van der Waals surface area contributed by atoms with E-state index in [9.17, 15) is 4.79 Å². The summed E-state index contributed by atoms with van der Waals surface area (Å²) in [5, 5.41) is 3.42. The highest BCUT2D eigenvalue weighted by atomic mass is 16.5. The normalized spacial score (nSPS) is 27.6. The minimum Gasteiger partial charge on any atom is -0.465 e. The predicted molar refractivity (Wildman–Crippen MR) is 87.3 cm³/mol. The number of likely N-dealkylation sites (tertiary alicyclic amines) is 1. The van der Waals surface area contributed by atoms with Crippen molar-refractivity contribution in [3.8, 4) is 0 Å². The van der Waals surface area contributed by atoms with Crippen LogP contribution in [0.4, 0.5) is 0 Å². The van der Waals surface area contributed by atoms with Crippen molar-refractivity contribution in [2.45, 2.75) is 85.0 Å². The maximum absolute atomic E-state index is 12.4. The van der Waals surface area contributed by atoms with Crippen LogP contribution in [0.1, 0.15) is 61.3 Å². The van der Waals surface area contributed by atoms with Crippen LogP contribution in [0.3, 0.4) is 0 Å². The third-order valence-electron chi connectivity index (χ3n) is 4.44. The van der Waals surface area contributed by atoms with Gasteiger partial charge in [-0.25, -0.2) is 0 Å². The largest absolute Gasteiger partial charge is 0.465 e. The molecule has 0 amide bonds. The Balaban J connectivity index is 2.78. The van der Waals surface area contributed by atoms with Crippen LogP contribution < -0.4 is 5.32 Å². The van der Waals surface area contributed by atoms with Gasteiger partial charge in [0.2, 0.25) is 0 Å². The molecule has 0 aromatic heterocycles. The summed E-state index contributed by atoms with van der Waals surface area (Å²) in [5.41, 5.74) is -0.616. The molecule has 0 bridgehead atoms. The number of hydrogen-bond donors (Lipinski definition) is 1. The summed E-state index contributed by atoms with van der Waals surface area (Å²) in [5.74, 6) is 0.611. The summed E-state index contributed by atoms with van der Waals surface area (Å²) in [6.45, 7) is 16.4. The highest BCUT2D eigenvalue weighted by Gasteiger charge is 2.40. The molecule has 1 aliphatic heterocycles. The van der Waals surface area contributed by atoms with Gasteiger partial charge in [-0.3, -0.25) is 15.0 Å². The molecule has 4 heteroatoms. The molecule has 1 aliphatic rings. The summed E-state index contributed by atoms with van der Waals surface area (Å²) in [6.07, 6.45) is 2.03. The summed E-state index contributed by atoms with van der Waals surface area (Å²) in [4.78, 5) is 14.9. The Morgan fingerprint density at radius 2 is 2.00 bits per heavy atom. The van der Waals surface area contributed by atoms with E-state index in [1.807, 2.05) is 13.8 Å². The molecule has 0 radical (unpaired) electrons. The number of ether oxygens (including phenoxy) is 1. The van der Waals surface area contributed by atoms with Crippen molar-refractivity contribution in [3.63, 3.8) is 0 Å². The molecule has 1 heterocycles. The zero-order chi connectivity index (χ0) is 16.2. The Morgan fingerprint density at radius 3 is 2.43 bits per heavy atom. The van der Waals surface area contributed by atoms with Crippen molar-refractivity contribution < 1.29 is 9.53 Å². The average Bonchev–Trinajstić information content (AvgIpc) is 2.67. The van der Waals surface area contributed by atoms with E-state index in [-0.39, 0.29) is 12.0 Å². The number of hydrogen-bond acceptors (Lipinski definition) is 4. The molecule has 21 heavy (non-hydrogen) atoms. The van der Waals surface area contributed by atoms with Gasteiger partial charge in [0.25, 0.3) is 0 Å². The van der Waals surface area contributed by atoms with E-state index in [0.717, 1.165) is 18.9 Å². The van der Waals surface area contributed by atoms with Gasteiger partial charge in [0, 0.05) is 24.7 Å². The molecule has 0 spiro atoms. The summed E-state index contributed by atoms with van der Waals surface area (Å²) in [6, 6.07) is 1.22. The van der Waals surface area contributed by atoms with Crippen LogP contribution >= 0.6 is 0 Å². The lowest BCUT2D eigenvalue weighted by atomic mass is 9.91. The van der Waals surface area contributed by atoms with Crippen molar-refractivity contribution in [3.05, 3.63) is 0 Å². The van der Waals surface area contributed by atoms with Gasteiger partial charge in [-0.05, 0) is 60.3 Å². The van der Waals surface area contributed by atoms with Crippen molar-refractivity contribution in [1.82, 2.24) is 10.2 Å². The van der Waals surface area contributed by atoms with Crippen LogP contribution in [-0.2, 0) is 9.53 Å². The van der Waals surface area contributed by atoms with Crippen LogP contribution in [0.15, 0.2) is 0 Å². The molecular formula is C17H34N2O2. The molecule has 0 saturated carbocycles. The molecule has 124 valence electrons. The third-order valence-corrected chi connectivity index (χ3v) is 4.44. The quantitative estimate of drug-likeness (QED) is 0.734. The first-order valence-electron chi connectivity index (χ1n) is 8.40. The standard InChI is InChI=1S/C17H34N2O2/c1-8-21-16(20)17(7,18-12(2)3)10-15(6)19-11-13(4)9-14(19)5/h12-15,18H,8-11H2,1-7H3. The van der Waals surface area contributed by atoms with Gasteiger partial charge in [0.05, 0.1) is 6.61 Å². The van der Waals surface area contributed by atoms with Crippen LogP contribution in [-0.4, -0.2) is 47.7 Å². The fourth-order valence-electron chi connectivity index (χ4n) is 3.78. The zero-order valence-corrected chi connectivity index (χ0v) is 14.9. The van der Waals surface area contributed by atoms with Crippen molar-refractivity contribution >= 4 is 5.97 Å². The number of carbonyl (C=O) groups excluding carboxylic acids is 1. The molecule has 4 unspecified atom stereocenters. The van der Waals surface area contributed by atoms with E-state index in [2.05, 4.69) is 44.8 Å². The van der Waals surface area contributed by atoms with Gasteiger partial charge in [0.15, 0.2) is 0 Å². The van der Waals surface area contributed by atoms with E-state index in [1.165, 1.54) is 6.42 Å². The molecule has 4 nitrogen and oxygen atoms in total. The van der Waals surface area contributed by atoms with Gasteiger partial charge >= 0.3 is 5.97 Å².